The molecule has 0 saturated carbocycles. The molecule has 2 aliphatic rings. The van der Waals surface area contributed by atoms with Crippen LogP contribution in [0.25, 0.3) is 0 Å². The van der Waals surface area contributed by atoms with Gasteiger partial charge in [-0.15, -0.1) is 0 Å². The van der Waals surface area contributed by atoms with Crippen LogP contribution in [0.15, 0.2) is 0 Å². The molecule has 2 rings (SSSR count). The molecule has 2 fully saturated rings. The van der Waals surface area contributed by atoms with Gasteiger partial charge in [-0.2, -0.15) is 0 Å². The fraction of sp³-hybridized carbons (Fsp3) is 0.909. The van der Waals surface area contributed by atoms with Gasteiger partial charge in [0, 0.05) is 19.6 Å². The highest BCUT2D eigenvalue weighted by Crippen LogP contribution is 2.20. The predicted octanol–water partition coefficient (Wildman–Crippen LogP) is -0.368. The van der Waals surface area contributed by atoms with Gasteiger partial charge in [-0.1, -0.05) is 0 Å². The van der Waals surface area contributed by atoms with Crippen LogP contribution in [-0.2, 0) is 14.6 Å². The molecule has 1 amide bonds. The van der Waals surface area contributed by atoms with Crippen molar-refractivity contribution in [2.75, 3.05) is 31.1 Å². The number of sulfone groups is 1. The van der Waals surface area contributed by atoms with Crippen LogP contribution in [0, 0.1) is 5.92 Å². The van der Waals surface area contributed by atoms with E-state index in [-0.39, 0.29) is 23.5 Å². The zero-order chi connectivity index (χ0) is 12.5. The topological polar surface area (TPSA) is 66.5 Å². The Morgan fingerprint density at radius 1 is 1.35 bits per heavy atom. The zero-order valence-corrected chi connectivity index (χ0v) is 11.0. The van der Waals surface area contributed by atoms with Crippen LogP contribution >= 0.6 is 0 Å². The van der Waals surface area contributed by atoms with Gasteiger partial charge in [-0.25, -0.2) is 8.42 Å². The summed E-state index contributed by atoms with van der Waals surface area (Å²) in [5, 5.41) is 3.12. The molecule has 1 N–H and O–H groups in total. The van der Waals surface area contributed by atoms with Gasteiger partial charge < -0.3 is 10.2 Å². The molecule has 2 heterocycles. The molecule has 0 aromatic heterocycles. The molecule has 2 saturated heterocycles. The Kier molecular flexibility index (Phi) is 3.73. The first kappa shape index (κ1) is 12.8. The van der Waals surface area contributed by atoms with Crippen LogP contribution in [0.4, 0.5) is 0 Å². The SMILES string of the molecule is CC1NCCN(CC2CCS(=O)(=O)CC2)C1=O. The Hall–Kier alpha value is -0.620. The lowest BCUT2D eigenvalue weighted by molar-refractivity contribution is -0.135. The quantitative estimate of drug-likeness (QED) is 0.736. The third kappa shape index (κ3) is 3.19. The summed E-state index contributed by atoms with van der Waals surface area (Å²) in [6, 6.07) is -0.101. The van der Waals surface area contributed by atoms with Crippen LogP contribution in [0.2, 0.25) is 0 Å². The number of rotatable bonds is 2. The molecule has 6 heteroatoms. The number of piperazine rings is 1. The maximum Gasteiger partial charge on any atom is 0.239 e. The standard InChI is InChI=1S/C11H20N2O3S/c1-9-11(14)13(5-4-12-9)8-10-2-6-17(15,16)7-3-10/h9-10,12H,2-8H2,1H3. The Balaban J connectivity index is 1.87. The van der Waals surface area contributed by atoms with Crippen LogP contribution in [0.1, 0.15) is 19.8 Å². The molecule has 0 radical (unpaired) electrons. The summed E-state index contributed by atoms with van der Waals surface area (Å²) in [6.07, 6.45) is 1.40. The lowest BCUT2D eigenvalue weighted by atomic mass is 10.0. The van der Waals surface area contributed by atoms with Crippen molar-refractivity contribution < 1.29 is 13.2 Å². The summed E-state index contributed by atoms with van der Waals surface area (Å²) < 4.78 is 22.6. The molecule has 5 nitrogen and oxygen atoms in total. The summed E-state index contributed by atoms with van der Waals surface area (Å²) in [6.45, 7) is 4.17. The van der Waals surface area contributed by atoms with Crippen molar-refractivity contribution in [3.8, 4) is 0 Å². The van der Waals surface area contributed by atoms with Crippen molar-refractivity contribution in [2.24, 2.45) is 5.92 Å². The van der Waals surface area contributed by atoms with Gasteiger partial charge in [0.1, 0.15) is 9.84 Å². The number of nitrogens with zero attached hydrogens (tertiary/aromatic N) is 1. The van der Waals surface area contributed by atoms with Crippen LogP contribution in [-0.4, -0.2) is 56.4 Å². The van der Waals surface area contributed by atoms with Crippen molar-refractivity contribution in [1.29, 1.82) is 0 Å². The number of nitrogens with one attached hydrogen (secondary N) is 1. The van der Waals surface area contributed by atoms with Crippen molar-refractivity contribution >= 4 is 15.7 Å². The maximum absolute atomic E-state index is 11.9. The molecule has 1 atom stereocenters. The van der Waals surface area contributed by atoms with Crippen LogP contribution in [0.5, 0.6) is 0 Å². The normalized spacial score (nSPS) is 30.5. The van der Waals surface area contributed by atoms with Crippen molar-refractivity contribution in [3.63, 3.8) is 0 Å². The minimum atomic E-state index is -2.80. The average Bonchev–Trinajstić information content (AvgIpc) is 2.27. The van der Waals surface area contributed by atoms with Gasteiger partial charge in [-0.05, 0) is 25.7 Å². The van der Waals surface area contributed by atoms with Crippen LogP contribution < -0.4 is 5.32 Å². The van der Waals surface area contributed by atoms with E-state index in [0.29, 0.717) is 18.8 Å². The fourth-order valence-corrected chi connectivity index (χ4v) is 4.09. The number of hydrogen-bond acceptors (Lipinski definition) is 4. The number of hydrogen-bond donors (Lipinski definition) is 1. The Bertz CT molecular complexity index is 380. The van der Waals surface area contributed by atoms with E-state index in [4.69, 9.17) is 0 Å². The smallest absolute Gasteiger partial charge is 0.239 e. The molecule has 98 valence electrons. The van der Waals surface area contributed by atoms with Crippen molar-refractivity contribution in [3.05, 3.63) is 0 Å². The fourth-order valence-electron chi connectivity index (χ4n) is 2.50. The first-order valence-corrected chi connectivity index (χ1v) is 8.03. The molecule has 0 aromatic carbocycles. The Morgan fingerprint density at radius 2 is 2.00 bits per heavy atom. The second kappa shape index (κ2) is 4.94. The zero-order valence-electron chi connectivity index (χ0n) is 10.2. The summed E-state index contributed by atoms with van der Waals surface area (Å²) in [5.41, 5.74) is 0. The van der Waals surface area contributed by atoms with Crippen molar-refractivity contribution in [2.45, 2.75) is 25.8 Å². The highest BCUT2D eigenvalue weighted by atomic mass is 32.2. The van der Waals surface area contributed by atoms with Gasteiger partial charge >= 0.3 is 0 Å². The van der Waals surface area contributed by atoms with E-state index < -0.39 is 9.84 Å². The average molecular weight is 260 g/mol. The van der Waals surface area contributed by atoms with Crippen LogP contribution in [0.3, 0.4) is 0 Å². The Labute approximate surface area is 102 Å². The van der Waals surface area contributed by atoms with Gasteiger partial charge in [0.25, 0.3) is 0 Å². The summed E-state index contributed by atoms with van der Waals surface area (Å²) in [4.78, 5) is 13.8. The minimum absolute atomic E-state index is 0.101. The molecule has 0 aliphatic carbocycles. The lowest BCUT2D eigenvalue weighted by Crippen LogP contribution is -2.55. The van der Waals surface area contributed by atoms with E-state index >= 15 is 0 Å². The molecular formula is C11H20N2O3S. The third-order valence-electron chi connectivity index (χ3n) is 3.67. The summed E-state index contributed by atoms with van der Waals surface area (Å²) in [7, 11) is -2.80. The molecule has 1 unspecified atom stereocenters. The maximum atomic E-state index is 11.9. The van der Waals surface area contributed by atoms with Gasteiger partial charge in [0.05, 0.1) is 17.5 Å². The van der Waals surface area contributed by atoms with E-state index in [1.807, 2.05) is 11.8 Å². The molecule has 0 bridgehead atoms. The summed E-state index contributed by atoms with van der Waals surface area (Å²) >= 11 is 0. The Morgan fingerprint density at radius 3 is 2.65 bits per heavy atom. The van der Waals surface area contributed by atoms with Gasteiger partial charge in [0.15, 0.2) is 0 Å². The van der Waals surface area contributed by atoms with Gasteiger partial charge in [-0.3, -0.25) is 4.79 Å². The highest BCUT2D eigenvalue weighted by Gasteiger charge is 2.29. The number of amides is 1. The monoisotopic (exact) mass is 260 g/mol. The van der Waals surface area contributed by atoms with E-state index in [0.717, 1.165) is 19.6 Å². The molecular weight excluding hydrogens is 240 g/mol. The van der Waals surface area contributed by atoms with E-state index in [1.54, 1.807) is 0 Å². The largest absolute Gasteiger partial charge is 0.340 e. The number of carbonyl (C=O) groups excluding carboxylic acids is 1. The van der Waals surface area contributed by atoms with Gasteiger partial charge in [0.2, 0.25) is 5.91 Å². The second-order valence-corrected chi connectivity index (χ2v) is 7.36. The summed E-state index contributed by atoms with van der Waals surface area (Å²) in [5.74, 6) is 1.07. The first-order valence-electron chi connectivity index (χ1n) is 6.20. The highest BCUT2D eigenvalue weighted by molar-refractivity contribution is 7.91. The molecule has 17 heavy (non-hydrogen) atoms. The third-order valence-corrected chi connectivity index (χ3v) is 5.38. The van der Waals surface area contributed by atoms with E-state index in [9.17, 15) is 13.2 Å². The minimum Gasteiger partial charge on any atom is -0.340 e. The number of carbonyl (C=O) groups is 1. The van der Waals surface area contributed by atoms with E-state index in [2.05, 4.69) is 5.32 Å². The first-order chi connectivity index (χ1) is 7.98. The lowest BCUT2D eigenvalue weighted by Gasteiger charge is -2.35. The predicted molar refractivity (Wildman–Crippen MR) is 65.4 cm³/mol. The second-order valence-electron chi connectivity index (χ2n) is 5.06. The molecule has 0 aromatic rings. The van der Waals surface area contributed by atoms with E-state index in [1.165, 1.54) is 0 Å². The van der Waals surface area contributed by atoms with Crippen molar-refractivity contribution in [1.82, 2.24) is 10.2 Å². The molecule has 2 aliphatic heterocycles. The molecule has 0 spiro atoms.